The van der Waals surface area contributed by atoms with Gasteiger partial charge in [0.05, 0.1) is 5.69 Å². The molecule has 1 aromatic heterocycles. The number of rotatable bonds is 5. The summed E-state index contributed by atoms with van der Waals surface area (Å²) < 4.78 is 0. The molecule has 1 saturated heterocycles. The predicted molar refractivity (Wildman–Crippen MR) is 88.2 cm³/mol. The van der Waals surface area contributed by atoms with Crippen molar-refractivity contribution in [1.29, 1.82) is 0 Å². The molecule has 2 heterocycles. The van der Waals surface area contributed by atoms with E-state index in [9.17, 15) is 0 Å². The average molecular weight is 290 g/mol. The molecule has 4 heteroatoms. The summed E-state index contributed by atoms with van der Waals surface area (Å²) in [5.41, 5.74) is 2.43. The zero-order chi connectivity index (χ0) is 15.4. The smallest absolute Gasteiger partial charge is 0.0544 e. The van der Waals surface area contributed by atoms with Crippen LogP contribution < -0.4 is 5.32 Å². The molecule has 1 aliphatic rings. The van der Waals surface area contributed by atoms with Crippen molar-refractivity contribution < 1.29 is 0 Å². The molecule has 1 aliphatic heterocycles. The maximum Gasteiger partial charge on any atom is 0.0544 e. The lowest BCUT2D eigenvalue weighted by molar-refractivity contribution is 0.0549. The van der Waals surface area contributed by atoms with E-state index in [1.807, 2.05) is 6.20 Å². The van der Waals surface area contributed by atoms with E-state index in [4.69, 9.17) is 0 Å². The fourth-order valence-electron chi connectivity index (χ4n) is 2.85. The summed E-state index contributed by atoms with van der Waals surface area (Å²) in [6.07, 6.45) is 2.01. The molecule has 21 heavy (non-hydrogen) atoms. The van der Waals surface area contributed by atoms with Gasteiger partial charge in [0.2, 0.25) is 0 Å². The topological polar surface area (TPSA) is 31.4 Å². The van der Waals surface area contributed by atoms with E-state index in [-0.39, 0.29) is 0 Å². The number of aromatic nitrogens is 1. The van der Waals surface area contributed by atoms with Crippen LogP contribution in [0.4, 0.5) is 0 Å². The molecule has 0 radical (unpaired) electrons. The van der Waals surface area contributed by atoms with Crippen molar-refractivity contribution in [2.75, 3.05) is 20.1 Å². The minimum atomic E-state index is 0.512. The Bertz CT molecular complexity index is 417. The van der Waals surface area contributed by atoms with Crippen molar-refractivity contribution in [1.82, 2.24) is 20.1 Å². The summed E-state index contributed by atoms with van der Waals surface area (Å²) >= 11 is 0. The van der Waals surface area contributed by atoms with Gasteiger partial charge in [-0.2, -0.15) is 0 Å². The third-order valence-electron chi connectivity index (χ3n) is 4.42. The van der Waals surface area contributed by atoms with E-state index in [0.717, 1.165) is 26.2 Å². The first kappa shape index (κ1) is 16.4. The first-order valence-corrected chi connectivity index (χ1v) is 8.07. The summed E-state index contributed by atoms with van der Waals surface area (Å²) in [5, 5.41) is 3.42. The zero-order valence-corrected chi connectivity index (χ0v) is 14.1. The van der Waals surface area contributed by atoms with Crippen LogP contribution in [-0.4, -0.2) is 53.0 Å². The van der Waals surface area contributed by atoms with Crippen LogP contribution in [0.1, 0.15) is 39.0 Å². The molecule has 0 aromatic carbocycles. The Morgan fingerprint density at radius 2 is 1.90 bits per heavy atom. The molecule has 2 unspecified atom stereocenters. The normalized spacial score (nSPS) is 24.7. The maximum absolute atomic E-state index is 4.62. The molecule has 4 nitrogen and oxygen atoms in total. The summed E-state index contributed by atoms with van der Waals surface area (Å²) in [7, 11) is 2.22. The van der Waals surface area contributed by atoms with Crippen LogP contribution in [0.5, 0.6) is 0 Å². The highest BCUT2D eigenvalue weighted by Gasteiger charge is 2.26. The lowest BCUT2D eigenvalue weighted by Crippen LogP contribution is -2.54. The molecule has 1 N–H and O–H groups in total. The number of nitrogens with one attached hydrogen (secondary N) is 1. The fourth-order valence-corrected chi connectivity index (χ4v) is 2.85. The van der Waals surface area contributed by atoms with Gasteiger partial charge in [0.1, 0.15) is 0 Å². The SMILES string of the molecule is CC(C)NCc1ccc(CN2CC(C)N(C)C(C)C2)nc1. The molecule has 1 aromatic rings. The van der Waals surface area contributed by atoms with Crippen LogP contribution >= 0.6 is 0 Å². The summed E-state index contributed by atoms with van der Waals surface area (Å²) in [6.45, 7) is 13.0. The third-order valence-corrected chi connectivity index (χ3v) is 4.42. The van der Waals surface area contributed by atoms with E-state index in [1.165, 1.54) is 11.3 Å². The van der Waals surface area contributed by atoms with E-state index < -0.39 is 0 Å². The number of piperazine rings is 1. The van der Waals surface area contributed by atoms with Gasteiger partial charge in [-0.3, -0.25) is 14.8 Å². The van der Waals surface area contributed by atoms with Crippen LogP contribution in [-0.2, 0) is 13.1 Å². The van der Waals surface area contributed by atoms with Crippen LogP contribution in [0.3, 0.4) is 0 Å². The Morgan fingerprint density at radius 3 is 2.43 bits per heavy atom. The molecule has 1 fully saturated rings. The number of hydrogen-bond acceptors (Lipinski definition) is 4. The summed E-state index contributed by atoms with van der Waals surface area (Å²) in [4.78, 5) is 9.61. The van der Waals surface area contributed by atoms with Crippen molar-refractivity contribution in [3.05, 3.63) is 29.6 Å². The van der Waals surface area contributed by atoms with E-state index in [2.05, 4.69) is 67.0 Å². The molecule has 0 aliphatic carbocycles. The van der Waals surface area contributed by atoms with E-state index >= 15 is 0 Å². The Labute approximate surface area is 129 Å². The van der Waals surface area contributed by atoms with Crippen LogP contribution in [0.15, 0.2) is 18.3 Å². The number of likely N-dealkylation sites (N-methyl/N-ethyl adjacent to an activating group) is 1. The van der Waals surface area contributed by atoms with Gasteiger partial charge in [-0.25, -0.2) is 0 Å². The molecule has 0 amide bonds. The number of pyridine rings is 1. The molecule has 0 bridgehead atoms. The minimum absolute atomic E-state index is 0.512. The van der Waals surface area contributed by atoms with Gasteiger partial charge in [-0.05, 0) is 32.5 Å². The Balaban J connectivity index is 1.88. The van der Waals surface area contributed by atoms with Crippen LogP contribution in [0.25, 0.3) is 0 Å². The van der Waals surface area contributed by atoms with Crippen molar-refractivity contribution in [2.45, 2.75) is 58.9 Å². The molecule has 2 atom stereocenters. The summed E-state index contributed by atoms with van der Waals surface area (Å²) in [6, 6.07) is 6.11. The maximum atomic E-state index is 4.62. The highest BCUT2D eigenvalue weighted by Crippen LogP contribution is 2.15. The van der Waals surface area contributed by atoms with Gasteiger partial charge >= 0.3 is 0 Å². The molecular formula is C17H30N4. The van der Waals surface area contributed by atoms with Gasteiger partial charge in [-0.1, -0.05) is 19.9 Å². The van der Waals surface area contributed by atoms with Crippen molar-refractivity contribution >= 4 is 0 Å². The lowest BCUT2D eigenvalue weighted by atomic mass is 10.1. The highest BCUT2D eigenvalue weighted by molar-refractivity contribution is 5.14. The molecule has 118 valence electrons. The van der Waals surface area contributed by atoms with Gasteiger partial charge in [0.25, 0.3) is 0 Å². The summed E-state index contributed by atoms with van der Waals surface area (Å²) in [5.74, 6) is 0. The Kier molecular flexibility index (Phi) is 5.73. The lowest BCUT2D eigenvalue weighted by Gasteiger charge is -2.42. The second-order valence-electron chi connectivity index (χ2n) is 6.75. The monoisotopic (exact) mass is 290 g/mol. The predicted octanol–water partition coefficient (Wildman–Crippen LogP) is 2.10. The first-order chi connectivity index (χ1) is 9.95. The first-order valence-electron chi connectivity index (χ1n) is 8.07. The Morgan fingerprint density at radius 1 is 1.24 bits per heavy atom. The minimum Gasteiger partial charge on any atom is -0.310 e. The standard InChI is InChI=1S/C17H30N4/c1-13(2)18-8-16-6-7-17(19-9-16)12-21-10-14(3)20(5)15(4)11-21/h6-7,9,13-15,18H,8,10-12H2,1-5H3. The highest BCUT2D eigenvalue weighted by atomic mass is 15.3. The van der Waals surface area contributed by atoms with Gasteiger partial charge in [-0.15, -0.1) is 0 Å². The zero-order valence-electron chi connectivity index (χ0n) is 14.1. The van der Waals surface area contributed by atoms with Crippen molar-refractivity contribution in [3.63, 3.8) is 0 Å². The second kappa shape index (κ2) is 7.34. The Hall–Kier alpha value is -0.970. The largest absolute Gasteiger partial charge is 0.310 e. The van der Waals surface area contributed by atoms with Crippen LogP contribution in [0, 0.1) is 0 Å². The fraction of sp³-hybridized carbons (Fsp3) is 0.706. The molecule has 0 spiro atoms. The average Bonchev–Trinajstić information content (AvgIpc) is 2.44. The molecule has 2 rings (SSSR count). The van der Waals surface area contributed by atoms with E-state index in [0.29, 0.717) is 18.1 Å². The number of hydrogen-bond donors (Lipinski definition) is 1. The van der Waals surface area contributed by atoms with Crippen molar-refractivity contribution in [3.8, 4) is 0 Å². The van der Waals surface area contributed by atoms with Crippen LogP contribution in [0.2, 0.25) is 0 Å². The third kappa shape index (κ3) is 4.77. The van der Waals surface area contributed by atoms with Crippen molar-refractivity contribution in [2.24, 2.45) is 0 Å². The quantitative estimate of drug-likeness (QED) is 0.900. The molecule has 0 saturated carbocycles. The number of nitrogens with zero attached hydrogens (tertiary/aromatic N) is 3. The molecular weight excluding hydrogens is 260 g/mol. The second-order valence-corrected chi connectivity index (χ2v) is 6.75. The van der Waals surface area contributed by atoms with E-state index in [1.54, 1.807) is 0 Å². The van der Waals surface area contributed by atoms with Gasteiger partial charge in [0.15, 0.2) is 0 Å². The van der Waals surface area contributed by atoms with Gasteiger partial charge < -0.3 is 5.32 Å². The van der Waals surface area contributed by atoms with Gasteiger partial charge in [0, 0.05) is 50.5 Å².